The average Bonchev–Trinajstić information content (AvgIpc) is 2.96. The van der Waals surface area contributed by atoms with Crippen LogP contribution in [0.2, 0.25) is 0 Å². The van der Waals surface area contributed by atoms with Gasteiger partial charge in [-0.25, -0.2) is 0 Å². The van der Waals surface area contributed by atoms with Crippen LogP contribution in [-0.4, -0.2) is 18.8 Å². The minimum atomic E-state index is -0.492. The number of methoxy groups -OCH3 is 1. The van der Waals surface area contributed by atoms with Crippen LogP contribution < -0.4 is 9.64 Å². The SMILES string of the molecule is COc1ccc2c(c1)N(Cc1sccc1Br)C(=O)C2=O. The minimum absolute atomic E-state index is 0.378. The molecule has 1 aliphatic heterocycles. The van der Waals surface area contributed by atoms with Gasteiger partial charge >= 0.3 is 0 Å². The summed E-state index contributed by atoms with van der Waals surface area (Å²) in [6.45, 7) is 0.378. The highest BCUT2D eigenvalue weighted by Crippen LogP contribution is 2.35. The van der Waals surface area contributed by atoms with E-state index in [-0.39, 0.29) is 0 Å². The molecule has 0 saturated heterocycles. The maximum Gasteiger partial charge on any atom is 0.299 e. The summed E-state index contributed by atoms with van der Waals surface area (Å²) >= 11 is 4.98. The molecule has 1 aromatic heterocycles. The van der Waals surface area contributed by atoms with E-state index in [1.807, 2.05) is 11.4 Å². The first kappa shape index (κ1) is 13.3. The molecule has 0 saturated carbocycles. The van der Waals surface area contributed by atoms with Crippen LogP contribution in [0.15, 0.2) is 34.1 Å². The van der Waals surface area contributed by atoms with Crippen molar-refractivity contribution in [2.45, 2.75) is 6.54 Å². The lowest BCUT2D eigenvalue weighted by Gasteiger charge is -2.16. The van der Waals surface area contributed by atoms with E-state index in [0.29, 0.717) is 23.5 Å². The molecule has 0 radical (unpaired) electrons. The first-order chi connectivity index (χ1) is 9.61. The van der Waals surface area contributed by atoms with E-state index in [9.17, 15) is 9.59 Å². The van der Waals surface area contributed by atoms with Crippen molar-refractivity contribution in [3.8, 4) is 5.75 Å². The second-order valence-electron chi connectivity index (χ2n) is 4.30. The van der Waals surface area contributed by atoms with E-state index < -0.39 is 11.7 Å². The predicted octanol–water partition coefficient (Wildman–Crippen LogP) is 3.25. The molecule has 3 rings (SSSR count). The molecule has 20 heavy (non-hydrogen) atoms. The van der Waals surface area contributed by atoms with Crippen molar-refractivity contribution in [2.75, 3.05) is 12.0 Å². The number of halogens is 1. The fourth-order valence-corrected chi connectivity index (χ4v) is 3.60. The molecule has 1 amide bonds. The Morgan fingerprint density at radius 1 is 1.30 bits per heavy atom. The normalized spacial score (nSPS) is 13.8. The maximum atomic E-state index is 12.1. The minimum Gasteiger partial charge on any atom is -0.497 e. The summed E-state index contributed by atoms with van der Waals surface area (Å²) in [5, 5.41) is 1.94. The standard InChI is InChI=1S/C14H10BrNO3S/c1-19-8-2-3-9-11(6-8)16(14(18)13(9)17)7-12-10(15)4-5-20-12/h2-6H,7H2,1H3. The van der Waals surface area contributed by atoms with Gasteiger partial charge < -0.3 is 4.74 Å². The molecule has 0 atom stereocenters. The first-order valence-corrected chi connectivity index (χ1v) is 7.55. The number of hydrogen-bond donors (Lipinski definition) is 0. The van der Waals surface area contributed by atoms with E-state index >= 15 is 0 Å². The second kappa shape index (κ2) is 5.03. The van der Waals surface area contributed by atoms with Crippen LogP contribution in [-0.2, 0) is 11.3 Å². The Labute approximate surface area is 128 Å². The Balaban J connectivity index is 2.03. The second-order valence-corrected chi connectivity index (χ2v) is 6.15. The van der Waals surface area contributed by atoms with Gasteiger partial charge in [-0.3, -0.25) is 14.5 Å². The molecule has 102 valence electrons. The van der Waals surface area contributed by atoms with Gasteiger partial charge in [0.25, 0.3) is 11.7 Å². The monoisotopic (exact) mass is 351 g/mol. The summed E-state index contributed by atoms with van der Waals surface area (Å²) in [5.41, 5.74) is 1.04. The van der Waals surface area contributed by atoms with Crippen molar-refractivity contribution in [3.05, 3.63) is 44.6 Å². The Bertz CT molecular complexity index is 710. The summed E-state index contributed by atoms with van der Waals surface area (Å²) in [6, 6.07) is 6.97. The van der Waals surface area contributed by atoms with E-state index in [1.54, 1.807) is 36.6 Å². The number of benzene rings is 1. The molecular formula is C14H10BrNO3S. The van der Waals surface area contributed by atoms with Crippen molar-refractivity contribution in [3.63, 3.8) is 0 Å². The molecule has 0 unspecified atom stereocenters. The first-order valence-electron chi connectivity index (χ1n) is 5.88. The van der Waals surface area contributed by atoms with Crippen molar-refractivity contribution in [1.82, 2.24) is 0 Å². The number of nitrogens with zero attached hydrogens (tertiary/aromatic N) is 1. The zero-order chi connectivity index (χ0) is 14.3. The van der Waals surface area contributed by atoms with Crippen LogP contribution >= 0.6 is 27.3 Å². The van der Waals surface area contributed by atoms with Crippen LogP contribution in [0.3, 0.4) is 0 Å². The third kappa shape index (κ3) is 2.05. The van der Waals surface area contributed by atoms with Crippen molar-refractivity contribution >= 4 is 44.6 Å². The fraction of sp³-hybridized carbons (Fsp3) is 0.143. The molecule has 0 spiro atoms. The lowest BCUT2D eigenvalue weighted by atomic mass is 10.1. The molecule has 0 fully saturated rings. The Morgan fingerprint density at radius 3 is 2.75 bits per heavy atom. The number of ether oxygens (including phenoxy) is 1. The quantitative estimate of drug-likeness (QED) is 0.797. The van der Waals surface area contributed by atoms with Crippen LogP contribution in [0, 0.1) is 0 Å². The van der Waals surface area contributed by atoms with Crippen LogP contribution in [0.4, 0.5) is 5.69 Å². The summed E-state index contributed by atoms with van der Waals surface area (Å²) in [4.78, 5) is 26.6. The van der Waals surface area contributed by atoms with Crippen molar-refractivity contribution < 1.29 is 14.3 Å². The van der Waals surface area contributed by atoms with Gasteiger partial charge in [0, 0.05) is 15.4 Å². The summed E-state index contributed by atoms with van der Waals surface area (Å²) in [7, 11) is 1.56. The summed E-state index contributed by atoms with van der Waals surface area (Å²) < 4.78 is 6.10. The highest BCUT2D eigenvalue weighted by atomic mass is 79.9. The zero-order valence-corrected chi connectivity index (χ0v) is 13.0. The van der Waals surface area contributed by atoms with Gasteiger partial charge in [-0.2, -0.15) is 0 Å². The van der Waals surface area contributed by atoms with Gasteiger partial charge in [0.05, 0.1) is 24.9 Å². The number of rotatable bonds is 3. The molecular weight excluding hydrogens is 342 g/mol. The third-order valence-electron chi connectivity index (χ3n) is 3.17. The van der Waals surface area contributed by atoms with Crippen molar-refractivity contribution in [1.29, 1.82) is 0 Å². The number of ketones is 1. The van der Waals surface area contributed by atoms with Gasteiger partial charge in [0.15, 0.2) is 0 Å². The highest BCUT2D eigenvalue weighted by molar-refractivity contribution is 9.10. The average molecular weight is 352 g/mol. The van der Waals surface area contributed by atoms with E-state index in [1.165, 1.54) is 4.90 Å². The summed E-state index contributed by atoms with van der Waals surface area (Å²) in [6.07, 6.45) is 0. The van der Waals surface area contributed by atoms with Crippen LogP contribution in [0.25, 0.3) is 0 Å². The number of anilines is 1. The van der Waals surface area contributed by atoms with Gasteiger partial charge in [-0.05, 0) is 39.5 Å². The third-order valence-corrected chi connectivity index (χ3v) is 5.08. The van der Waals surface area contributed by atoms with Gasteiger partial charge in [-0.1, -0.05) is 0 Å². The number of fused-ring (bicyclic) bond motifs is 1. The largest absolute Gasteiger partial charge is 0.497 e. The van der Waals surface area contributed by atoms with Crippen molar-refractivity contribution in [2.24, 2.45) is 0 Å². The maximum absolute atomic E-state index is 12.1. The molecule has 0 aliphatic carbocycles. The van der Waals surface area contributed by atoms with Crippen LogP contribution in [0.1, 0.15) is 15.2 Å². The number of amides is 1. The Kier molecular flexibility index (Phi) is 3.35. The molecule has 1 aliphatic rings. The lowest BCUT2D eigenvalue weighted by molar-refractivity contribution is -0.114. The van der Waals surface area contributed by atoms with Crippen LogP contribution in [0.5, 0.6) is 5.75 Å². The molecule has 0 N–H and O–H groups in total. The van der Waals surface area contributed by atoms with Gasteiger partial charge in [0.1, 0.15) is 5.75 Å². The van der Waals surface area contributed by atoms with Gasteiger partial charge in [-0.15, -0.1) is 11.3 Å². The molecule has 0 bridgehead atoms. The molecule has 1 aromatic carbocycles. The summed E-state index contributed by atoms with van der Waals surface area (Å²) in [5.74, 6) is -0.328. The predicted molar refractivity (Wildman–Crippen MR) is 80.5 cm³/mol. The van der Waals surface area contributed by atoms with Gasteiger partial charge in [0.2, 0.25) is 0 Å². The number of hydrogen-bond acceptors (Lipinski definition) is 4. The fourth-order valence-electron chi connectivity index (χ4n) is 2.14. The highest BCUT2D eigenvalue weighted by Gasteiger charge is 2.36. The number of thiophene rings is 1. The number of carbonyl (C=O) groups is 2. The molecule has 2 heterocycles. The number of Topliss-reactive ketones (excluding diaryl/α,β-unsaturated/α-hetero) is 1. The molecule has 2 aromatic rings. The molecule has 6 heteroatoms. The van der Waals surface area contributed by atoms with E-state index in [4.69, 9.17) is 4.74 Å². The molecule has 4 nitrogen and oxygen atoms in total. The lowest BCUT2D eigenvalue weighted by Crippen LogP contribution is -2.28. The Morgan fingerprint density at radius 2 is 2.10 bits per heavy atom. The zero-order valence-electron chi connectivity index (χ0n) is 10.6. The van der Waals surface area contributed by atoms with E-state index in [0.717, 1.165) is 9.35 Å². The Hall–Kier alpha value is -1.66. The smallest absolute Gasteiger partial charge is 0.299 e. The van der Waals surface area contributed by atoms with E-state index in [2.05, 4.69) is 15.9 Å². The topological polar surface area (TPSA) is 46.6 Å². The number of carbonyl (C=O) groups excluding carboxylic acids is 2.